The molecule has 0 aromatic heterocycles. The maximum absolute atomic E-state index is 12.5. The van der Waals surface area contributed by atoms with E-state index in [1.54, 1.807) is 6.07 Å². The van der Waals surface area contributed by atoms with Crippen LogP contribution < -0.4 is 0 Å². The number of amides is 1. The number of carbonyl (C=O) groups is 2. The number of aliphatic carboxylic acids is 1. The molecule has 4 rings (SSSR count). The quantitative estimate of drug-likeness (QED) is 0.453. The van der Waals surface area contributed by atoms with E-state index < -0.39 is 27.8 Å². The number of hydroxylamine groups is 1. The van der Waals surface area contributed by atoms with Gasteiger partial charge in [0.2, 0.25) is 0 Å². The summed E-state index contributed by atoms with van der Waals surface area (Å²) in [5.41, 5.74) is 2.21. The number of carboxylic acid groups (broad SMARTS) is 1. The molecule has 33 heavy (non-hydrogen) atoms. The molecular formula is C24H21NO6S2. The van der Waals surface area contributed by atoms with Crippen LogP contribution in [0.3, 0.4) is 0 Å². The molecule has 0 fully saturated rings. The third-order valence-corrected chi connectivity index (χ3v) is 8.01. The summed E-state index contributed by atoms with van der Waals surface area (Å²) in [5.74, 6) is -2.27. The van der Waals surface area contributed by atoms with Gasteiger partial charge in [0.25, 0.3) is 15.9 Å². The van der Waals surface area contributed by atoms with Crippen molar-refractivity contribution in [2.75, 3.05) is 12.4 Å². The van der Waals surface area contributed by atoms with Gasteiger partial charge in [-0.1, -0.05) is 54.6 Å². The SMILES string of the molecule is O=C(O)C(CCON1C(=O)c2ccccc2S1(=O)=O)CSc1ccc(-c2ccccc2)cc1. The highest BCUT2D eigenvalue weighted by molar-refractivity contribution is 7.99. The molecule has 7 nitrogen and oxygen atoms in total. The number of rotatable bonds is 9. The van der Waals surface area contributed by atoms with Gasteiger partial charge in [0.1, 0.15) is 4.90 Å². The Morgan fingerprint density at radius 3 is 2.24 bits per heavy atom. The van der Waals surface area contributed by atoms with Crippen molar-refractivity contribution in [3.8, 4) is 11.1 Å². The van der Waals surface area contributed by atoms with Crippen molar-refractivity contribution in [2.24, 2.45) is 5.92 Å². The van der Waals surface area contributed by atoms with Gasteiger partial charge >= 0.3 is 5.97 Å². The van der Waals surface area contributed by atoms with Gasteiger partial charge in [-0.2, -0.15) is 8.42 Å². The summed E-state index contributed by atoms with van der Waals surface area (Å²) in [5, 5.41) is 9.57. The molecule has 1 aliphatic heterocycles. The Balaban J connectivity index is 1.33. The molecule has 170 valence electrons. The smallest absolute Gasteiger partial charge is 0.307 e. The van der Waals surface area contributed by atoms with E-state index in [2.05, 4.69) is 0 Å². The van der Waals surface area contributed by atoms with Crippen LogP contribution in [0.2, 0.25) is 0 Å². The van der Waals surface area contributed by atoms with E-state index >= 15 is 0 Å². The maximum Gasteiger partial charge on any atom is 0.307 e. The first-order valence-electron chi connectivity index (χ1n) is 10.2. The normalized spacial score (nSPS) is 15.3. The molecule has 1 N–H and O–H groups in total. The zero-order valence-electron chi connectivity index (χ0n) is 17.5. The van der Waals surface area contributed by atoms with E-state index in [0.29, 0.717) is 4.47 Å². The average Bonchev–Trinajstić information content (AvgIpc) is 3.02. The lowest BCUT2D eigenvalue weighted by atomic mass is 10.1. The largest absolute Gasteiger partial charge is 0.481 e. The highest BCUT2D eigenvalue weighted by atomic mass is 32.2. The third-order valence-electron chi connectivity index (χ3n) is 5.22. The highest BCUT2D eigenvalue weighted by Gasteiger charge is 2.42. The van der Waals surface area contributed by atoms with Gasteiger partial charge < -0.3 is 5.11 Å². The molecular weight excluding hydrogens is 462 g/mol. The molecule has 1 aliphatic rings. The van der Waals surface area contributed by atoms with Gasteiger partial charge in [-0.25, -0.2) is 0 Å². The van der Waals surface area contributed by atoms with Gasteiger partial charge in [-0.3, -0.25) is 14.4 Å². The second kappa shape index (κ2) is 9.78. The molecule has 1 heterocycles. The van der Waals surface area contributed by atoms with Crippen LogP contribution >= 0.6 is 11.8 Å². The summed E-state index contributed by atoms with van der Waals surface area (Å²) in [4.78, 5) is 30.1. The number of sulfonamides is 1. The van der Waals surface area contributed by atoms with Crippen LogP contribution in [-0.2, 0) is 19.7 Å². The summed E-state index contributed by atoms with van der Waals surface area (Å²) in [6.07, 6.45) is 0.0556. The monoisotopic (exact) mass is 483 g/mol. The summed E-state index contributed by atoms with van der Waals surface area (Å²) < 4.78 is 25.4. The lowest BCUT2D eigenvalue weighted by Gasteiger charge is -2.17. The number of hydrogen-bond donors (Lipinski definition) is 1. The van der Waals surface area contributed by atoms with E-state index in [1.807, 2.05) is 54.6 Å². The molecule has 1 atom stereocenters. The number of thioether (sulfide) groups is 1. The second-order valence-corrected chi connectivity index (χ2v) is 10.2. The number of nitrogens with zero attached hydrogens (tertiary/aromatic N) is 1. The lowest BCUT2D eigenvalue weighted by molar-refractivity contribution is -0.142. The van der Waals surface area contributed by atoms with Crippen molar-refractivity contribution in [3.63, 3.8) is 0 Å². The average molecular weight is 484 g/mol. The van der Waals surface area contributed by atoms with E-state index in [1.165, 1.54) is 30.0 Å². The standard InChI is InChI=1S/C24H21NO6S2/c26-23-21-8-4-5-9-22(21)33(29,30)25(23)31-15-14-19(24(27)28)16-32-20-12-10-18(11-13-20)17-6-2-1-3-7-17/h1-13,19H,14-16H2,(H,27,28). The van der Waals surface area contributed by atoms with E-state index in [9.17, 15) is 23.1 Å². The Morgan fingerprint density at radius 2 is 1.58 bits per heavy atom. The Morgan fingerprint density at radius 1 is 0.939 bits per heavy atom. The first kappa shape index (κ1) is 23.0. The predicted molar refractivity (Wildman–Crippen MR) is 124 cm³/mol. The number of carboxylic acids is 1. The van der Waals surface area contributed by atoms with Crippen LogP contribution in [0.1, 0.15) is 16.8 Å². The molecule has 3 aromatic rings. The minimum Gasteiger partial charge on any atom is -0.481 e. The summed E-state index contributed by atoms with van der Waals surface area (Å²) in [7, 11) is -4.09. The molecule has 0 saturated heterocycles. The topological polar surface area (TPSA) is 101 Å². The van der Waals surface area contributed by atoms with Crippen LogP contribution in [0.4, 0.5) is 0 Å². The minimum atomic E-state index is -4.09. The third kappa shape index (κ3) is 4.95. The lowest BCUT2D eigenvalue weighted by Crippen LogP contribution is -2.31. The molecule has 0 saturated carbocycles. The number of hydrogen-bond acceptors (Lipinski definition) is 6. The van der Waals surface area contributed by atoms with E-state index in [0.717, 1.165) is 16.0 Å². The molecule has 1 unspecified atom stereocenters. The zero-order chi connectivity index (χ0) is 23.4. The van der Waals surface area contributed by atoms with Gasteiger partial charge in [0.05, 0.1) is 18.1 Å². The van der Waals surface area contributed by atoms with Crippen molar-refractivity contribution >= 4 is 33.7 Å². The predicted octanol–water partition coefficient (Wildman–Crippen LogP) is 4.31. The summed E-state index contributed by atoms with van der Waals surface area (Å²) in [6, 6.07) is 23.6. The Hall–Kier alpha value is -3.14. The fourth-order valence-corrected chi connectivity index (χ4v) is 5.84. The van der Waals surface area contributed by atoms with Crippen LogP contribution in [0, 0.1) is 5.92 Å². The van der Waals surface area contributed by atoms with Crippen molar-refractivity contribution in [1.82, 2.24) is 4.47 Å². The Labute approximate surface area is 196 Å². The van der Waals surface area contributed by atoms with Gasteiger partial charge in [0.15, 0.2) is 0 Å². The van der Waals surface area contributed by atoms with Crippen LogP contribution in [0.5, 0.6) is 0 Å². The fourth-order valence-electron chi connectivity index (χ4n) is 3.42. The van der Waals surface area contributed by atoms with Crippen molar-refractivity contribution in [3.05, 3.63) is 84.4 Å². The van der Waals surface area contributed by atoms with Gasteiger partial charge in [-0.05, 0) is 41.8 Å². The second-order valence-electron chi connectivity index (χ2n) is 7.39. The van der Waals surface area contributed by atoms with Gasteiger partial charge in [0, 0.05) is 10.6 Å². The highest BCUT2D eigenvalue weighted by Crippen LogP contribution is 2.31. The number of carbonyl (C=O) groups excluding carboxylic acids is 1. The van der Waals surface area contributed by atoms with Crippen LogP contribution in [0.25, 0.3) is 11.1 Å². The summed E-state index contributed by atoms with van der Waals surface area (Å²) >= 11 is 1.40. The molecule has 0 radical (unpaired) electrons. The van der Waals surface area contributed by atoms with Gasteiger partial charge in [-0.15, -0.1) is 16.2 Å². The van der Waals surface area contributed by atoms with Crippen molar-refractivity contribution < 1.29 is 28.0 Å². The first-order valence-corrected chi connectivity index (χ1v) is 12.6. The van der Waals surface area contributed by atoms with Crippen molar-refractivity contribution in [1.29, 1.82) is 0 Å². The van der Waals surface area contributed by atoms with Crippen molar-refractivity contribution in [2.45, 2.75) is 16.2 Å². The molecule has 9 heteroatoms. The maximum atomic E-state index is 12.5. The Kier molecular flexibility index (Phi) is 6.83. The van der Waals surface area contributed by atoms with Crippen LogP contribution in [-0.4, -0.2) is 42.2 Å². The molecule has 0 bridgehead atoms. The molecule has 0 aliphatic carbocycles. The molecule has 0 spiro atoms. The van der Waals surface area contributed by atoms with E-state index in [4.69, 9.17) is 4.84 Å². The fraction of sp³-hybridized carbons (Fsp3) is 0.167. The number of fused-ring (bicyclic) bond motifs is 1. The Bertz CT molecular complexity index is 1260. The number of benzene rings is 3. The van der Waals surface area contributed by atoms with E-state index in [-0.39, 0.29) is 29.2 Å². The zero-order valence-corrected chi connectivity index (χ0v) is 19.1. The molecule has 3 aromatic carbocycles. The minimum absolute atomic E-state index is 0.0433. The molecule has 1 amide bonds. The summed E-state index contributed by atoms with van der Waals surface area (Å²) in [6.45, 7) is -0.219. The first-order chi connectivity index (χ1) is 15.9. The van der Waals surface area contributed by atoms with Crippen LogP contribution in [0.15, 0.2) is 88.7 Å².